The molecule has 0 spiro atoms. The molecule has 2 aromatic rings. The van der Waals surface area contributed by atoms with E-state index >= 15 is 0 Å². The van der Waals surface area contributed by atoms with E-state index in [1.807, 2.05) is 50.8 Å². The number of rotatable bonds is 11. The largest absolute Gasteiger partial charge is 0.383 e. The number of benzene rings is 1. The number of carbonyl (C=O) groups excluding carboxylic acids is 1. The van der Waals surface area contributed by atoms with Crippen LogP contribution >= 0.6 is 0 Å². The highest BCUT2D eigenvalue weighted by atomic mass is 16.5. The van der Waals surface area contributed by atoms with Crippen LogP contribution in [0.1, 0.15) is 78.6 Å². The molecule has 1 heterocycles. The summed E-state index contributed by atoms with van der Waals surface area (Å²) in [6, 6.07) is 6.95. The first-order valence-electron chi connectivity index (χ1n) is 11.8. The summed E-state index contributed by atoms with van der Waals surface area (Å²) >= 11 is 0. The molecule has 0 aliphatic rings. The number of unbranched alkanes of at least 4 members (excludes halogenated alkanes) is 3. The summed E-state index contributed by atoms with van der Waals surface area (Å²) in [6.45, 7) is 11.5. The molecule has 0 aliphatic carbocycles. The van der Waals surface area contributed by atoms with Crippen LogP contribution in [0.4, 0.5) is 4.79 Å². The summed E-state index contributed by atoms with van der Waals surface area (Å²) in [5, 5.41) is 3.69. The summed E-state index contributed by atoms with van der Waals surface area (Å²) in [7, 11) is 1.62. The predicted molar refractivity (Wildman–Crippen MR) is 130 cm³/mol. The Morgan fingerprint density at radius 1 is 1.19 bits per heavy atom. The van der Waals surface area contributed by atoms with E-state index < -0.39 is 0 Å². The topological polar surface area (TPSA) is 76.5 Å². The number of urea groups is 1. The van der Waals surface area contributed by atoms with Crippen molar-refractivity contribution >= 4 is 16.9 Å². The monoisotopic (exact) mass is 444 g/mol. The van der Waals surface area contributed by atoms with Crippen molar-refractivity contribution in [3.8, 4) is 0 Å². The van der Waals surface area contributed by atoms with E-state index in [1.165, 1.54) is 0 Å². The lowest BCUT2D eigenvalue weighted by molar-refractivity contribution is 0.153. The first kappa shape index (κ1) is 25.8. The molecular weight excluding hydrogens is 404 g/mol. The molecule has 0 fully saturated rings. The molecule has 1 atom stereocenters. The summed E-state index contributed by atoms with van der Waals surface area (Å²) in [5.41, 5.74) is 0.203. The van der Waals surface area contributed by atoms with Gasteiger partial charge in [-0.1, -0.05) is 45.2 Å². The molecule has 0 radical (unpaired) electrons. The van der Waals surface area contributed by atoms with E-state index in [2.05, 4.69) is 12.2 Å². The van der Waals surface area contributed by atoms with Crippen molar-refractivity contribution in [3.63, 3.8) is 0 Å². The highest BCUT2D eigenvalue weighted by Gasteiger charge is 2.30. The molecule has 7 nitrogen and oxygen atoms in total. The van der Waals surface area contributed by atoms with Gasteiger partial charge in [0.2, 0.25) is 0 Å². The number of fused-ring (bicyclic) bond motifs is 1. The lowest BCUT2D eigenvalue weighted by Gasteiger charge is -2.35. The van der Waals surface area contributed by atoms with E-state index in [1.54, 1.807) is 17.7 Å². The van der Waals surface area contributed by atoms with Crippen LogP contribution in [0.2, 0.25) is 0 Å². The SMILES string of the molecule is CCCCCCN(C(=O)NC(C)(C)C)C(CC)c1nc2ccccc2c(=O)n1CCOC. The van der Waals surface area contributed by atoms with E-state index in [-0.39, 0.29) is 23.2 Å². The molecule has 2 rings (SSSR count). The van der Waals surface area contributed by atoms with Gasteiger partial charge in [0, 0.05) is 19.2 Å². The summed E-state index contributed by atoms with van der Waals surface area (Å²) in [4.78, 5) is 33.4. The van der Waals surface area contributed by atoms with Crippen LogP contribution in [0.3, 0.4) is 0 Å². The van der Waals surface area contributed by atoms with Gasteiger partial charge in [-0.15, -0.1) is 0 Å². The van der Waals surface area contributed by atoms with Crippen LogP contribution in [0.15, 0.2) is 29.1 Å². The number of aromatic nitrogens is 2. The van der Waals surface area contributed by atoms with Crippen molar-refractivity contribution in [1.29, 1.82) is 0 Å². The van der Waals surface area contributed by atoms with Crippen molar-refractivity contribution in [2.75, 3.05) is 20.3 Å². The fraction of sp³-hybridized carbons (Fsp3) is 0.640. The molecule has 178 valence electrons. The Bertz CT molecular complexity index is 933. The third-order valence-corrected chi connectivity index (χ3v) is 5.47. The van der Waals surface area contributed by atoms with Crippen LogP contribution in [0.25, 0.3) is 10.9 Å². The molecule has 2 amide bonds. The second-order valence-electron chi connectivity index (χ2n) is 9.29. The van der Waals surface area contributed by atoms with Crippen LogP contribution in [0, 0.1) is 0 Å². The van der Waals surface area contributed by atoms with Gasteiger partial charge in [-0.3, -0.25) is 9.36 Å². The second kappa shape index (κ2) is 12.0. The minimum absolute atomic E-state index is 0.0942. The van der Waals surface area contributed by atoms with Crippen molar-refractivity contribution < 1.29 is 9.53 Å². The summed E-state index contributed by atoms with van der Waals surface area (Å²) < 4.78 is 6.95. The van der Waals surface area contributed by atoms with E-state index in [4.69, 9.17) is 9.72 Å². The van der Waals surface area contributed by atoms with Crippen LogP contribution in [-0.4, -0.2) is 46.3 Å². The Morgan fingerprint density at radius 2 is 1.91 bits per heavy atom. The number of amides is 2. The number of carbonyl (C=O) groups is 1. The van der Waals surface area contributed by atoms with Crippen LogP contribution in [0.5, 0.6) is 0 Å². The quantitative estimate of drug-likeness (QED) is 0.501. The molecule has 0 aliphatic heterocycles. The molecule has 7 heteroatoms. The van der Waals surface area contributed by atoms with Crippen molar-refractivity contribution in [2.45, 2.75) is 84.8 Å². The normalized spacial score (nSPS) is 12.7. The zero-order valence-corrected chi connectivity index (χ0v) is 20.6. The molecule has 0 bridgehead atoms. The average Bonchev–Trinajstić information content (AvgIpc) is 2.74. The Morgan fingerprint density at radius 3 is 2.53 bits per heavy atom. The maximum absolute atomic E-state index is 13.3. The van der Waals surface area contributed by atoms with Gasteiger partial charge in [0.15, 0.2) is 0 Å². The number of hydrogen-bond acceptors (Lipinski definition) is 4. The van der Waals surface area contributed by atoms with Crippen molar-refractivity contribution in [3.05, 3.63) is 40.4 Å². The van der Waals surface area contributed by atoms with Crippen molar-refractivity contribution in [1.82, 2.24) is 19.8 Å². The van der Waals surface area contributed by atoms with Crippen LogP contribution < -0.4 is 10.9 Å². The standard InChI is InChI=1S/C25H40N4O3/c1-7-9-10-13-16-28(24(31)27-25(3,4)5)21(8-2)22-26-20-15-12-11-14-19(20)23(30)29(22)17-18-32-6/h11-12,14-15,21H,7-10,13,16-18H2,1-6H3,(H,27,31). The zero-order chi connectivity index (χ0) is 23.7. The Balaban J connectivity index is 2.55. The van der Waals surface area contributed by atoms with Gasteiger partial charge in [0.1, 0.15) is 5.82 Å². The highest BCUT2D eigenvalue weighted by Crippen LogP contribution is 2.25. The van der Waals surface area contributed by atoms with E-state index in [0.717, 1.165) is 25.7 Å². The fourth-order valence-electron chi connectivity index (χ4n) is 3.88. The van der Waals surface area contributed by atoms with E-state index in [0.29, 0.717) is 42.8 Å². The fourth-order valence-corrected chi connectivity index (χ4v) is 3.88. The number of hydrogen-bond donors (Lipinski definition) is 1. The maximum Gasteiger partial charge on any atom is 0.318 e. The molecule has 1 aromatic heterocycles. The van der Waals surface area contributed by atoms with Gasteiger partial charge in [0.25, 0.3) is 5.56 Å². The predicted octanol–water partition coefficient (Wildman–Crippen LogP) is 4.88. The number of methoxy groups -OCH3 is 1. The minimum Gasteiger partial charge on any atom is -0.383 e. The molecule has 1 N–H and O–H groups in total. The van der Waals surface area contributed by atoms with Crippen LogP contribution in [-0.2, 0) is 11.3 Å². The van der Waals surface area contributed by atoms with Gasteiger partial charge >= 0.3 is 6.03 Å². The Kier molecular flexibility index (Phi) is 9.69. The molecule has 1 aromatic carbocycles. The van der Waals surface area contributed by atoms with Gasteiger partial charge in [-0.05, 0) is 45.7 Å². The third kappa shape index (κ3) is 6.79. The second-order valence-corrected chi connectivity index (χ2v) is 9.29. The van der Waals surface area contributed by atoms with Crippen molar-refractivity contribution in [2.24, 2.45) is 0 Å². The first-order chi connectivity index (χ1) is 15.2. The molecule has 32 heavy (non-hydrogen) atoms. The van der Waals surface area contributed by atoms with E-state index in [9.17, 15) is 9.59 Å². The minimum atomic E-state index is -0.358. The molecule has 0 saturated carbocycles. The smallest absolute Gasteiger partial charge is 0.318 e. The Labute approximate surface area is 192 Å². The number of nitrogens with zero attached hydrogens (tertiary/aromatic N) is 3. The number of nitrogens with one attached hydrogen (secondary N) is 1. The highest BCUT2D eigenvalue weighted by molar-refractivity contribution is 5.78. The molecule has 1 unspecified atom stereocenters. The zero-order valence-electron chi connectivity index (χ0n) is 20.6. The Hall–Kier alpha value is -2.41. The van der Waals surface area contributed by atoms with Gasteiger partial charge in [-0.2, -0.15) is 0 Å². The summed E-state index contributed by atoms with van der Waals surface area (Å²) in [6.07, 6.45) is 4.90. The molecular formula is C25H40N4O3. The van der Waals surface area contributed by atoms with Gasteiger partial charge in [0.05, 0.1) is 30.1 Å². The number of para-hydroxylation sites is 1. The third-order valence-electron chi connectivity index (χ3n) is 5.47. The average molecular weight is 445 g/mol. The van der Waals surface area contributed by atoms with Gasteiger partial charge < -0.3 is 15.0 Å². The summed E-state index contributed by atoms with van der Waals surface area (Å²) in [5.74, 6) is 0.618. The lowest BCUT2D eigenvalue weighted by atomic mass is 10.1. The lowest BCUT2D eigenvalue weighted by Crippen LogP contribution is -2.50. The molecule has 0 saturated heterocycles. The number of ether oxygens (including phenoxy) is 1. The first-order valence-corrected chi connectivity index (χ1v) is 11.8. The maximum atomic E-state index is 13.3. The van der Waals surface area contributed by atoms with Gasteiger partial charge in [-0.25, -0.2) is 9.78 Å².